The molecule has 0 aliphatic heterocycles. The fraction of sp³-hybridized carbons (Fsp3) is 0.857. The van der Waals surface area contributed by atoms with E-state index >= 15 is 0 Å². The minimum Gasteiger partial charge on any atom is -0.348 e. The van der Waals surface area contributed by atoms with Crippen molar-refractivity contribution < 1.29 is 13.2 Å². The van der Waals surface area contributed by atoms with E-state index in [1.54, 1.807) is 6.92 Å². The molecule has 1 amide bonds. The largest absolute Gasteiger partial charge is 0.348 e. The smallest absolute Gasteiger partial charge is 0.237 e. The van der Waals surface area contributed by atoms with Crippen molar-refractivity contribution in [2.24, 2.45) is 5.73 Å². The second-order valence-corrected chi connectivity index (χ2v) is 5.43. The lowest BCUT2D eigenvalue weighted by Crippen LogP contribution is -2.34. The quantitative estimate of drug-likeness (QED) is 0.631. The first-order valence-corrected chi connectivity index (χ1v) is 5.73. The molecule has 5 nitrogen and oxygen atoms in total. The summed E-state index contributed by atoms with van der Waals surface area (Å²) in [5, 5.41) is 0. The summed E-state index contributed by atoms with van der Waals surface area (Å²) in [4.78, 5) is 12.3. The van der Waals surface area contributed by atoms with Gasteiger partial charge in [0.2, 0.25) is 5.91 Å². The third-order valence-electron chi connectivity index (χ3n) is 1.36. The van der Waals surface area contributed by atoms with Crippen molar-refractivity contribution in [2.75, 3.05) is 25.6 Å². The van der Waals surface area contributed by atoms with E-state index in [4.69, 9.17) is 5.73 Å². The molecule has 0 heterocycles. The van der Waals surface area contributed by atoms with Gasteiger partial charge in [-0.25, -0.2) is 8.42 Å². The molecule has 0 aliphatic carbocycles. The van der Waals surface area contributed by atoms with Gasteiger partial charge in [-0.2, -0.15) is 0 Å². The number of sulfone groups is 1. The van der Waals surface area contributed by atoms with Crippen molar-refractivity contribution in [1.29, 1.82) is 0 Å². The summed E-state index contributed by atoms with van der Waals surface area (Å²) in [6.45, 7) is 1.59. The molecule has 0 spiro atoms. The van der Waals surface area contributed by atoms with Crippen molar-refractivity contribution in [3.8, 4) is 0 Å². The Balaban J connectivity index is 4.27. The molecule has 0 aromatic rings. The van der Waals surface area contributed by atoms with Gasteiger partial charge in [0.15, 0.2) is 9.84 Å². The fourth-order valence-corrected chi connectivity index (χ4v) is 2.33. The van der Waals surface area contributed by atoms with Crippen LogP contribution >= 0.6 is 0 Å². The SMILES string of the molecule is CC(N)CS(=O)(=O)CC(=O)N(C)C. The maximum atomic E-state index is 11.2. The Labute approximate surface area is 78.8 Å². The molecule has 13 heavy (non-hydrogen) atoms. The van der Waals surface area contributed by atoms with E-state index in [-0.39, 0.29) is 5.75 Å². The summed E-state index contributed by atoms with van der Waals surface area (Å²) in [6, 6.07) is -0.431. The summed E-state index contributed by atoms with van der Waals surface area (Å²) < 4.78 is 22.5. The number of nitrogens with zero attached hydrogens (tertiary/aromatic N) is 1. The van der Waals surface area contributed by atoms with Gasteiger partial charge in [-0.05, 0) is 6.92 Å². The van der Waals surface area contributed by atoms with Gasteiger partial charge in [-0.1, -0.05) is 0 Å². The molecular weight excluding hydrogens is 192 g/mol. The van der Waals surface area contributed by atoms with Crippen LogP contribution in [0.4, 0.5) is 0 Å². The summed E-state index contributed by atoms with van der Waals surface area (Å²) in [7, 11) is -0.306. The van der Waals surface area contributed by atoms with Gasteiger partial charge in [0.25, 0.3) is 0 Å². The Morgan fingerprint density at radius 2 is 1.92 bits per heavy atom. The molecule has 0 fully saturated rings. The molecule has 0 aromatic heterocycles. The van der Waals surface area contributed by atoms with Crippen molar-refractivity contribution in [1.82, 2.24) is 4.90 Å². The highest BCUT2D eigenvalue weighted by atomic mass is 32.2. The number of carbonyl (C=O) groups excluding carboxylic acids is 1. The number of hydrogen-bond acceptors (Lipinski definition) is 4. The van der Waals surface area contributed by atoms with Crippen molar-refractivity contribution in [2.45, 2.75) is 13.0 Å². The van der Waals surface area contributed by atoms with E-state index in [9.17, 15) is 13.2 Å². The Morgan fingerprint density at radius 3 is 2.23 bits per heavy atom. The molecular formula is C7H16N2O3S. The molecule has 1 unspecified atom stereocenters. The van der Waals surface area contributed by atoms with Gasteiger partial charge in [-0.3, -0.25) is 4.79 Å². The number of amides is 1. The van der Waals surface area contributed by atoms with Crippen LogP contribution in [0, 0.1) is 0 Å². The molecule has 0 saturated heterocycles. The van der Waals surface area contributed by atoms with E-state index in [0.717, 1.165) is 0 Å². The lowest BCUT2D eigenvalue weighted by Gasteiger charge is -2.11. The van der Waals surface area contributed by atoms with E-state index in [1.165, 1.54) is 19.0 Å². The van der Waals surface area contributed by atoms with E-state index in [2.05, 4.69) is 0 Å². The van der Waals surface area contributed by atoms with Crippen molar-refractivity contribution in [3.05, 3.63) is 0 Å². The first kappa shape index (κ1) is 12.4. The van der Waals surface area contributed by atoms with Crippen LogP contribution in [0.3, 0.4) is 0 Å². The Hall–Kier alpha value is -0.620. The summed E-state index contributed by atoms with van der Waals surface area (Å²) >= 11 is 0. The zero-order valence-corrected chi connectivity index (χ0v) is 8.97. The number of rotatable bonds is 4. The Kier molecular flexibility index (Phi) is 4.35. The normalized spacial score (nSPS) is 13.8. The molecule has 1 atom stereocenters. The first-order valence-electron chi connectivity index (χ1n) is 3.91. The maximum absolute atomic E-state index is 11.2. The van der Waals surface area contributed by atoms with Gasteiger partial charge in [-0.15, -0.1) is 0 Å². The molecule has 0 radical (unpaired) electrons. The van der Waals surface area contributed by atoms with Crippen LogP contribution in [0.25, 0.3) is 0 Å². The number of hydrogen-bond donors (Lipinski definition) is 1. The van der Waals surface area contributed by atoms with Crippen LogP contribution in [0.1, 0.15) is 6.92 Å². The summed E-state index contributed by atoms with van der Waals surface area (Å²) in [6.07, 6.45) is 0. The molecule has 0 rings (SSSR count). The van der Waals surface area contributed by atoms with Crippen molar-refractivity contribution in [3.63, 3.8) is 0 Å². The molecule has 2 N–H and O–H groups in total. The average molecular weight is 208 g/mol. The Morgan fingerprint density at radius 1 is 1.46 bits per heavy atom. The molecule has 6 heteroatoms. The monoisotopic (exact) mass is 208 g/mol. The lowest BCUT2D eigenvalue weighted by molar-refractivity contribution is -0.125. The third-order valence-corrected chi connectivity index (χ3v) is 3.08. The average Bonchev–Trinajstić information content (AvgIpc) is 1.81. The van der Waals surface area contributed by atoms with Crippen LogP contribution < -0.4 is 5.73 Å². The van der Waals surface area contributed by atoms with Crippen LogP contribution in [-0.4, -0.2) is 50.9 Å². The minimum absolute atomic E-state index is 0.146. The van der Waals surface area contributed by atoms with E-state index in [0.29, 0.717) is 0 Å². The molecule has 0 bridgehead atoms. The minimum atomic E-state index is -3.34. The Bertz CT molecular complexity index is 269. The van der Waals surface area contributed by atoms with Crippen molar-refractivity contribution >= 4 is 15.7 Å². The highest BCUT2D eigenvalue weighted by molar-refractivity contribution is 7.92. The summed E-state index contributed by atoms with van der Waals surface area (Å²) in [5.74, 6) is -1.02. The fourth-order valence-electron chi connectivity index (χ4n) is 0.777. The van der Waals surface area contributed by atoms with Crippen LogP contribution in [0.2, 0.25) is 0 Å². The first-order chi connectivity index (χ1) is 5.74. The lowest BCUT2D eigenvalue weighted by atomic mass is 10.4. The third kappa shape index (κ3) is 5.59. The van der Waals surface area contributed by atoms with E-state index < -0.39 is 27.5 Å². The van der Waals surface area contributed by atoms with Gasteiger partial charge in [0.05, 0.1) is 5.75 Å². The second kappa shape index (κ2) is 4.57. The zero-order valence-electron chi connectivity index (χ0n) is 8.15. The highest BCUT2D eigenvalue weighted by Crippen LogP contribution is 1.95. The summed E-state index contributed by atoms with van der Waals surface area (Å²) in [5.41, 5.74) is 5.33. The number of carbonyl (C=O) groups is 1. The second-order valence-electron chi connectivity index (χ2n) is 3.32. The van der Waals surface area contributed by atoms with Crippen LogP contribution in [0.5, 0.6) is 0 Å². The van der Waals surface area contributed by atoms with Gasteiger partial charge < -0.3 is 10.6 Å². The number of nitrogens with two attached hydrogens (primary N) is 1. The van der Waals surface area contributed by atoms with Gasteiger partial charge >= 0.3 is 0 Å². The van der Waals surface area contributed by atoms with Gasteiger partial charge in [0.1, 0.15) is 5.75 Å². The standard InChI is InChI=1S/C7H16N2O3S/c1-6(8)4-13(11,12)5-7(10)9(2)3/h6H,4-5,8H2,1-3H3. The predicted molar refractivity (Wildman–Crippen MR) is 51.0 cm³/mol. The topological polar surface area (TPSA) is 80.5 Å². The predicted octanol–water partition coefficient (Wildman–Crippen LogP) is -1.16. The van der Waals surface area contributed by atoms with Crippen LogP contribution in [0.15, 0.2) is 0 Å². The maximum Gasteiger partial charge on any atom is 0.237 e. The molecule has 0 aromatic carbocycles. The molecule has 78 valence electrons. The zero-order chi connectivity index (χ0) is 10.6. The highest BCUT2D eigenvalue weighted by Gasteiger charge is 2.19. The molecule has 0 saturated carbocycles. The molecule has 0 aliphatic rings. The van der Waals surface area contributed by atoms with Gasteiger partial charge in [0, 0.05) is 20.1 Å². The van der Waals surface area contributed by atoms with E-state index in [1.807, 2.05) is 0 Å². The van der Waals surface area contributed by atoms with Crippen LogP contribution in [-0.2, 0) is 14.6 Å².